The maximum absolute atomic E-state index is 5.94. The number of hydrogen-bond donors (Lipinski definition) is 1. The molecule has 18 heavy (non-hydrogen) atoms. The van der Waals surface area contributed by atoms with Crippen LogP contribution in [0.2, 0.25) is 0 Å². The van der Waals surface area contributed by atoms with Crippen molar-refractivity contribution >= 4 is 16.7 Å². The molecule has 0 bridgehead atoms. The molecule has 0 unspecified atom stereocenters. The Balaban J connectivity index is 1.84. The molecule has 0 aliphatic heterocycles. The van der Waals surface area contributed by atoms with Gasteiger partial charge in [-0.05, 0) is 37.0 Å². The van der Waals surface area contributed by atoms with Crippen LogP contribution in [-0.2, 0) is 0 Å². The van der Waals surface area contributed by atoms with Crippen LogP contribution in [0.25, 0.3) is 10.9 Å². The van der Waals surface area contributed by atoms with Crippen LogP contribution in [0.15, 0.2) is 30.3 Å². The fraction of sp³-hybridized carbons (Fsp3) is 0.400. The second-order valence-electron chi connectivity index (χ2n) is 5.03. The second-order valence-corrected chi connectivity index (χ2v) is 5.03. The number of benzene rings is 1. The average molecular weight is 242 g/mol. The summed E-state index contributed by atoms with van der Waals surface area (Å²) in [5, 5.41) is 1.08. The first-order valence-electron chi connectivity index (χ1n) is 6.61. The third-order valence-electron chi connectivity index (χ3n) is 3.65. The summed E-state index contributed by atoms with van der Waals surface area (Å²) in [6.07, 6.45) is 5.27. The van der Waals surface area contributed by atoms with Gasteiger partial charge in [0.05, 0.1) is 6.61 Å². The van der Waals surface area contributed by atoms with Gasteiger partial charge in [0.1, 0.15) is 17.1 Å². The standard InChI is InChI=1S/C15H18N2O/c16-14-9-8-12-6-3-7-13(15(12)17-14)18-10-11-4-1-2-5-11/h3,6-9,11H,1-2,4-5,10H2,(H2,16,17). The van der Waals surface area contributed by atoms with Crippen LogP contribution in [0.1, 0.15) is 25.7 Å². The van der Waals surface area contributed by atoms with Gasteiger partial charge in [0, 0.05) is 5.39 Å². The van der Waals surface area contributed by atoms with Gasteiger partial charge in [-0.25, -0.2) is 4.98 Å². The first-order valence-corrected chi connectivity index (χ1v) is 6.61. The van der Waals surface area contributed by atoms with Crippen LogP contribution >= 0.6 is 0 Å². The molecule has 3 heteroatoms. The first-order chi connectivity index (χ1) is 8.83. The van der Waals surface area contributed by atoms with Gasteiger partial charge in [-0.2, -0.15) is 0 Å². The Hall–Kier alpha value is -1.77. The maximum Gasteiger partial charge on any atom is 0.145 e. The molecule has 0 atom stereocenters. The Bertz CT molecular complexity index is 547. The molecule has 3 rings (SSSR count). The van der Waals surface area contributed by atoms with Gasteiger partial charge in [0.2, 0.25) is 0 Å². The van der Waals surface area contributed by atoms with E-state index < -0.39 is 0 Å². The van der Waals surface area contributed by atoms with E-state index in [2.05, 4.69) is 4.98 Å². The van der Waals surface area contributed by atoms with Crippen LogP contribution in [0.5, 0.6) is 5.75 Å². The molecule has 0 spiro atoms. The lowest BCUT2D eigenvalue weighted by molar-refractivity contribution is 0.254. The van der Waals surface area contributed by atoms with Crippen molar-refractivity contribution in [3.63, 3.8) is 0 Å². The van der Waals surface area contributed by atoms with Crippen molar-refractivity contribution in [2.45, 2.75) is 25.7 Å². The van der Waals surface area contributed by atoms with Crippen molar-refractivity contribution in [3.05, 3.63) is 30.3 Å². The fourth-order valence-electron chi connectivity index (χ4n) is 2.64. The smallest absolute Gasteiger partial charge is 0.145 e. The predicted octanol–water partition coefficient (Wildman–Crippen LogP) is 3.39. The highest BCUT2D eigenvalue weighted by Gasteiger charge is 2.16. The lowest BCUT2D eigenvalue weighted by Gasteiger charge is -2.12. The minimum absolute atomic E-state index is 0.541. The van der Waals surface area contributed by atoms with Gasteiger partial charge < -0.3 is 10.5 Å². The van der Waals surface area contributed by atoms with Gasteiger partial charge >= 0.3 is 0 Å². The summed E-state index contributed by atoms with van der Waals surface area (Å²) in [5.41, 5.74) is 6.62. The summed E-state index contributed by atoms with van der Waals surface area (Å²) >= 11 is 0. The largest absolute Gasteiger partial charge is 0.491 e. The molecule has 3 nitrogen and oxygen atoms in total. The monoisotopic (exact) mass is 242 g/mol. The number of nitrogens with two attached hydrogens (primary N) is 1. The molecule has 1 aliphatic rings. The zero-order chi connectivity index (χ0) is 12.4. The molecular weight excluding hydrogens is 224 g/mol. The number of para-hydroxylation sites is 1. The predicted molar refractivity (Wildman–Crippen MR) is 73.6 cm³/mol. The van der Waals surface area contributed by atoms with Crippen LogP contribution in [-0.4, -0.2) is 11.6 Å². The minimum Gasteiger partial charge on any atom is -0.491 e. The lowest BCUT2D eigenvalue weighted by Crippen LogP contribution is -2.08. The van der Waals surface area contributed by atoms with Crippen molar-refractivity contribution in [2.75, 3.05) is 12.3 Å². The molecule has 1 heterocycles. The summed E-state index contributed by atoms with van der Waals surface area (Å²) in [7, 11) is 0. The summed E-state index contributed by atoms with van der Waals surface area (Å²) in [4.78, 5) is 4.37. The van der Waals surface area contributed by atoms with Gasteiger partial charge in [-0.15, -0.1) is 0 Å². The van der Waals surface area contributed by atoms with Gasteiger partial charge in [0.15, 0.2) is 0 Å². The quantitative estimate of drug-likeness (QED) is 0.897. The molecule has 1 aliphatic carbocycles. The molecule has 94 valence electrons. The van der Waals surface area contributed by atoms with E-state index >= 15 is 0 Å². The molecule has 1 fully saturated rings. The highest BCUT2D eigenvalue weighted by Crippen LogP contribution is 2.28. The molecular formula is C15H18N2O. The number of rotatable bonds is 3. The van der Waals surface area contributed by atoms with Crippen molar-refractivity contribution in [1.82, 2.24) is 4.98 Å². The van der Waals surface area contributed by atoms with Crippen LogP contribution in [0, 0.1) is 5.92 Å². The van der Waals surface area contributed by atoms with E-state index in [0.29, 0.717) is 11.7 Å². The number of pyridine rings is 1. The van der Waals surface area contributed by atoms with E-state index in [0.717, 1.165) is 23.3 Å². The Morgan fingerprint density at radius 3 is 2.83 bits per heavy atom. The SMILES string of the molecule is Nc1ccc2cccc(OCC3CCCC3)c2n1. The summed E-state index contributed by atoms with van der Waals surface area (Å²) in [5.74, 6) is 2.10. The van der Waals surface area contributed by atoms with Crippen LogP contribution in [0.3, 0.4) is 0 Å². The number of aromatic nitrogens is 1. The first kappa shape index (κ1) is 11.3. The lowest BCUT2D eigenvalue weighted by atomic mass is 10.1. The summed E-state index contributed by atoms with van der Waals surface area (Å²) in [6, 6.07) is 9.82. The third kappa shape index (κ3) is 2.26. The number of fused-ring (bicyclic) bond motifs is 1. The number of nitrogen functional groups attached to an aromatic ring is 1. The third-order valence-corrected chi connectivity index (χ3v) is 3.65. The fourth-order valence-corrected chi connectivity index (χ4v) is 2.64. The molecule has 1 saturated carbocycles. The van der Waals surface area contributed by atoms with Crippen molar-refractivity contribution in [2.24, 2.45) is 5.92 Å². The molecule has 1 aromatic heterocycles. The zero-order valence-corrected chi connectivity index (χ0v) is 10.4. The van der Waals surface area contributed by atoms with Crippen molar-refractivity contribution < 1.29 is 4.74 Å². The summed E-state index contributed by atoms with van der Waals surface area (Å²) in [6.45, 7) is 0.801. The maximum atomic E-state index is 5.94. The average Bonchev–Trinajstić information content (AvgIpc) is 2.89. The number of nitrogens with zero attached hydrogens (tertiary/aromatic N) is 1. The number of ether oxygens (including phenoxy) is 1. The van der Waals surface area contributed by atoms with E-state index in [4.69, 9.17) is 10.5 Å². The Morgan fingerprint density at radius 1 is 1.17 bits per heavy atom. The van der Waals surface area contributed by atoms with Crippen LogP contribution < -0.4 is 10.5 Å². The molecule has 0 radical (unpaired) electrons. The minimum atomic E-state index is 0.541. The van der Waals surface area contributed by atoms with Crippen molar-refractivity contribution in [3.8, 4) is 5.75 Å². The van der Waals surface area contributed by atoms with Gasteiger partial charge in [-0.3, -0.25) is 0 Å². The Morgan fingerprint density at radius 2 is 2.00 bits per heavy atom. The van der Waals surface area contributed by atoms with Gasteiger partial charge in [0.25, 0.3) is 0 Å². The molecule has 2 N–H and O–H groups in total. The van der Waals surface area contributed by atoms with E-state index in [9.17, 15) is 0 Å². The van der Waals surface area contributed by atoms with E-state index in [1.165, 1.54) is 25.7 Å². The highest BCUT2D eigenvalue weighted by molar-refractivity contribution is 5.85. The number of hydrogen-bond acceptors (Lipinski definition) is 3. The van der Waals surface area contributed by atoms with Crippen LogP contribution in [0.4, 0.5) is 5.82 Å². The molecule has 1 aromatic carbocycles. The second kappa shape index (κ2) is 4.84. The Kier molecular flexibility index (Phi) is 3.05. The number of anilines is 1. The normalized spacial score (nSPS) is 16.2. The zero-order valence-electron chi connectivity index (χ0n) is 10.4. The summed E-state index contributed by atoms with van der Waals surface area (Å²) < 4.78 is 5.94. The van der Waals surface area contributed by atoms with E-state index in [-0.39, 0.29) is 0 Å². The highest BCUT2D eigenvalue weighted by atomic mass is 16.5. The molecule has 2 aromatic rings. The Labute approximate surface area is 107 Å². The van der Waals surface area contributed by atoms with Gasteiger partial charge in [-0.1, -0.05) is 25.0 Å². The van der Waals surface area contributed by atoms with E-state index in [1.807, 2.05) is 30.3 Å². The molecule has 0 saturated heterocycles. The molecule has 0 amide bonds. The van der Waals surface area contributed by atoms with Crippen molar-refractivity contribution in [1.29, 1.82) is 0 Å². The van der Waals surface area contributed by atoms with E-state index in [1.54, 1.807) is 0 Å². The topological polar surface area (TPSA) is 48.1 Å².